The summed E-state index contributed by atoms with van der Waals surface area (Å²) in [6, 6.07) is 0. The Balaban J connectivity index is 2.53. The first-order chi connectivity index (χ1) is 25.7. The van der Waals surface area contributed by atoms with Gasteiger partial charge >= 0.3 is 11.9 Å². The lowest BCUT2D eigenvalue weighted by molar-refractivity contribution is -0.152. The van der Waals surface area contributed by atoms with Crippen LogP contribution in [0.2, 0.25) is 0 Å². The predicted octanol–water partition coefficient (Wildman–Crippen LogP) is 6.80. The minimum absolute atomic E-state index is 0.0133. The summed E-state index contributed by atoms with van der Waals surface area (Å²) in [7, 11) is 9.92. The molecular weight excluding hydrogens is 692 g/mol. The van der Waals surface area contributed by atoms with E-state index < -0.39 is 24.1 Å². The second kappa shape index (κ2) is 24.6. The summed E-state index contributed by atoms with van der Waals surface area (Å²) in [6.07, 6.45) is 15.8. The normalized spacial score (nSPS) is 35.9. The van der Waals surface area contributed by atoms with Crippen molar-refractivity contribution in [3.05, 3.63) is 59.8 Å². The van der Waals surface area contributed by atoms with Gasteiger partial charge in [-0.2, -0.15) is 0 Å². The molecule has 2 rings (SSSR count). The van der Waals surface area contributed by atoms with E-state index in [1.807, 2.05) is 52.0 Å². The molecule has 2 aliphatic heterocycles. The minimum Gasteiger partial charge on any atom is -0.458 e. The Bertz CT molecular complexity index is 1300. The third kappa shape index (κ3) is 15.0. The zero-order valence-electron chi connectivity index (χ0n) is 34.7. The number of esters is 2. The summed E-state index contributed by atoms with van der Waals surface area (Å²) >= 11 is 0. The number of cyclic esters (lactones) is 1. The van der Waals surface area contributed by atoms with Crippen molar-refractivity contribution >= 4 is 18.2 Å². The molecule has 2 heterocycles. The number of methoxy groups -OCH3 is 6. The van der Waals surface area contributed by atoms with Crippen LogP contribution < -0.4 is 0 Å². The maximum Gasteiger partial charge on any atom is 0.331 e. The highest BCUT2D eigenvalue weighted by atomic mass is 16.6. The maximum atomic E-state index is 13.3. The van der Waals surface area contributed by atoms with Crippen LogP contribution in [0.3, 0.4) is 0 Å². The molecule has 54 heavy (non-hydrogen) atoms. The third-order valence-corrected chi connectivity index (χ3v) is 11.0. The highest BCUT2D eigenvalue weighted by Gasteiger charge is 2.36. The van der Waals surface area contributed by atoms with Gasteiger partial charge in [-0.1, -0.05) is 82.2 Å². The monoisotopic (exact) mass is 760 g/mol. The number of hydrogen-bond donors (Lipinski definition) is 0. The van der Waals surface area contributed by atoms with Gasteiger partial charge in [0, 0.05) is 104 Å². The van der Waals surface area contributed by atoms with E-state index in [9.17, 15) is 14.4 Å². The van der Waals surface area contributed by atoms with Crippen molar-refractivity contribution in [3.8, 4) is 0 Å². The summed E-state index contributed by atoms with van der Waals surface area (Å²) in [5.41, 5.74) is 1.95. The first-order valence-corrected chi connectivity index (χ1v) is 19.2. The molecule has 0 unspecified atom stereocenters. The number of carbonyl (C=O) groups excluding carboxylic acids is 3. The molecule has 0 radical (unpaired) electrons. The molecule has 11 nitrogen and oxygen atoms in total. The second-order valence-corrected chi connectivity index (χ2v) is 15.0. The molecule has 11 heteroatoms. The topological polar surface area (TPSA) is 125 Å². The molecule has 2 bridgehead atoms. The van der Waals surface area contributed by atoms with Crippen molar-refractivity contribution in [2.45, 2.75) is 122 Å². The lowest BCUT2D eigenvalue weighted by Gasteiger charge is -2.34. The van der Waals surface area contributed by atoms with E-state index in [1.54, 1.807) is 61.7 Å². The fraction of sp³-hybridized carbons (Fsp3) is 0.698. The summed E-state index contributed by atoms with van der Waals surface area (Å²) in [5, 5.41) is 0. The van der Waals surface area contributed by atoms with Crippen molar-refractivity contribution in [2.75, 3.05) is 42.7 Å². The molecular formula is C43H68O11. The number of rotatable bonds is 10. The molecule has 0 spiro atoms. The SMILES string of the molecule is CO[C@H]1CC2=CC(=O)O[C@H](C2)[C@H](C)[C@@H](OC)C[C@H](OC)/C=C/[C@H](C)[C@@H](OC)C[C@@H](OC)/C=C/[C@H](C)[C@@H]([C@@H](C)[C@@H](OC)[C@@H](C)C=O)OC(=O)/C=C/C=C(\C)C1. The molecule has 0 aromatic rings. The van der Waals surface area contributed by atoms with Crippen LogP contribution in [0, 0.1) is 29.6 Å². The Hall–Kier alpha value is -2.93. The van der Waals surface area contributed by atoms with Gasteiger partial charge < -0.3 is 42.7 Å². The van der Waals surface area contributed by atoms with Crippen LogP contribution in [0.25, 0.3) is 0 Å². The average molecular weight is 761 g/mol. The van der Waals surface area contributed by atoms with Gasteiger partial charge in [0.25, 0.3) is 0 Å². The van der Waals surface area contributed by atoms with E-state index in [0.29, 0.717) is 32.1 Å². The van der Waals surface area contributed by atoms with Gasteiger partial charge in [0.15, 0.2) is 0 Å². The standard InChI is InChI=1S/C43H68O11/c1-27-14-13-15-40(45)54-43(32(6)42(52-12)30(4)26-44)29(3)17-19-34(47-7)24-37(50-10)28(2)16-18-35(48-8)25-38(51-11)31(5)39-22-33(23-41(46)53-39)21-36(20-27)49-9/h13-19,23,26,28-32,34-39,42-43H,20-22,24-25H2,1-12H3/b15-13+,18-16+,19-17+,27-14+/t28-,29-,30-,31+,32-,34-,35+,36+,37-,38-,39+,42-,43-/m0/s1. The number of aldehydes is 1. The highest BCUT2D eigenvalue weighted by molar-refractivity contribution is 5.84. The van der Waals surface area contributed by atoms with Crippen molar-refractivity contribution in [2.24, 2.45) is 29.6 Å². The molecule has 0 amide bonds. The van der Waals surface area contributed by atoms with Crippen molar-refractivity contribution in [3.63, 3.8) is 0 Å². The van der Waals surface area contributed by atoms with Gasteiger partial charge in [0.05, 0.1) is 36.6 Å². The molecule has 0 saturated heterocycles. The average Bonchev–Trinajstić information content (AvgIpc) is 3.15. The fourth-order valence-electron chi connectivity index (χ4n) is 7.52. The molecule has 0 aromatic carbocycles. The smallest absolute Gasteiger partial charge is 0.331 e. The largest absolute Gasteiger partial charge is 0.458 e. The predicted molar refractivity (Wildman–Crippen MR) is 209 cm³/mol. The van der Waals surface area contributed by atoms with Crippen LogP contribution in [-0.2, 0) is 52.3 Å². The molecule has 306 valence electrons. The third-order valence-electron chi connectivity index (χ3n) is 11.0. The molecule has 0 saturated carbocycles. The molecule has 0 aromatic heterocycles. The number of fused-ring (bicyclic) bond motifs is 2. The summed E-state index contributed by atoms with van der Waals surface area (Å²) in [5.74, 6) is -1.92. The number of ether oxygens (including phenoxy) is 8. The highest BCUT2D eigenvalue weighted by Crippen LogP contribution is 2.31. The minimum atomic E-state index is -0.603. The number of carbonyl (C=O) groups is 3. The van der Waals surface area contributed by atoms with Gasteiger partial charge in [-0.05, 0) is 19.8 Å². The van der Waals surface area contributed by atoms with Crippen molar-refractivity contribution in [1.29, 1.82) is 0 Å². The lowest BCUT2D eigenvalue weighted by Crippen LogP contribution is -2.41. The maximum absolute atomic E-state index is 13.3. The van der Waals surface area contributed by atoms with Crippen molar-refractivity contribution < 1.29 is 52.3 Å². The van der Waals surface area contributed by atoms with E-state index in [2.05, 4.69) is 13.0 Å². The van der Waals surface area contributed by atoms with E-state index in [1.165, 1.54) is 6.08 Å². The van der Waals surface area contributed by atoms with Crippen molar-refractivity contribution in [1.82, 2.24) is 0 Å². The van der Waals surface area contributed by atoms with Gasteiger partial charge in [-0.15, -0.1) is 0 Å². The van der Waals surface area contributed by atoms with Crippen LogP contribution in [0.5, 0.6) is 0 Å². The molecule has 2 aliphatic rings. The Labute approximate surface area is 324 Å². The second-order valence-electron chi connectivity index (χ2n) is 15.0. The van der Waals surface area contributed by atoms with Gasteiger partial charge in [0.1, 0.15) is 18.5 Å². The summed E-state index contributed by atoms with van der Waals surface area (Å²) < 4.78 is 47.2. The quantitative estimate of drug-likeness (QED) is 0.133. The fourth-order valence-corrected chi connectivity index (χ4v) is 7.52. The lowest BCUT2D eigenvalue weighted by atomic mass is 9.84. The first-order valence-electron chi connectivity index (χ1n) is 19.2. The van der Waals surface area contributed by atoms with E-state index in [4.69, 9.17) is 37.9 Å². The Kier molecular flexibility index (Phi) is 21.5. The van der Waals surface area contributed by atoms with E-state index >= 15 is 0 Å². The van der Waals surface area contributed by atoms with Gasteiger partial charge in [0.2, 0.25) is 0 Å². The zero-order valence-corrected chi connectivity index (χ0v) is 34.7. The van der Waals surface area contributed by atoms with Crippen LogP contribution in [0.4, 0.5) is 0 Å². The molecule has 0 aliphatic carbocycles. The Morgan fingerprint density at radius 3 is 1.91 bits per heavy atom. The van der Waals surface area contributed by atoms with Gasteiger partial charge in [-0.3, -0.25) is 0 Å². The number of hydrogen-bond acceptors (Lipinski definition) is 11. The van der Waals surface area contributed by atoms with E-state index in [-0.39, 0.29) is 66.3 Å². The molecule has 0 N–H and O–H groups in total. The zero-order chi connectivity index (χ0) is 40.4. The summed E-state index contributed by atoms with van der Waals surface area (Å²) in [4.78, 5) is 37.8. The first kappa shape index (κ1) is 47.2. The van der Waals surface area contributed by atoms with Crippen LogP contribution in [-0.4, -0.2) is 110 Å². The van der Waals surface area contributed by atoms with Crippen LogP contribution in [0.15, 0.2) is 59.8 Å². The molecule has 13 atom stereocenters. The number of allylic oxidation sites excluding steroid dienone is 2. The Morgan fingerprint density at radius 2 is 1.35 bits per heavy atom. The van der Waals surface area contributed by atoms with Gasteiger partial charge in [-0.25, -0.2) is 9.59 Å². The van der Waals surface area contributed by atoms with Crippen LogP contribution in [0.1, 0.15) is 73.6 Å². The van der Waals surface area contributed by atoms with E-state index in [0.717, 1.165) is 17.4 Å². The van der Waals surface area contributed by atoms with Crippen LogP contribution >= 0.6 is 0 Å². The summed E-state index contributed by atoms with van der Waals surface area (Å²) in [6.45, 7) is 11.8. The Morgan fingerprint density at radius 1 is 0.741 bits per heavy atom. The molecule has 0 fully saturated rings.